The van der Waals surface area contributed by atoms with Crippen molar-refractivity contribution in [3.8, 4) is 0 Å². The Morgan fingerprint density at radius 2 is 2.18 bits per heavy atom. The second-order valence-electron chi connectivity index (χ2n) is 5.35. The molecule has 4 heteroatoms. The molecular formula is C13H23NO3. The number of hydrogen-bond donors (Lipinski definition) is 0. The van der Waals surface area contributed by atoms with E-state index in [0.717, 1.165) is 52.0 Å². The highest BCUT2D eigenvalue weighted by molar-refractivity contribution is 5.73. The predicted octanol–water partition coefficient (Wildman–Crippen LogP) is 1.44. The van der Waals surface area contributed by atoms with E-state index in [-0.39, 0.29) is 11.5 Å². The second-order valence-corrected chi connectivity index (χ2v) is 5.35. The van der Waals surface area contributed by atoms with Crippen LogP contribution in [0.1, 0.15) is 32.6 Å². The second kappa shape index (κ2) is 5.36. The fourth-order valence-electron chi connectivity index (χ4n) is 2.99. The first kappa shape index (κ1) is 12.8. The molecule has 0 unspecified atom stereocenters. The summed E-state index contributed by atoms with van der Waals surface area (Å²) in [5.74, 6) is 0.826. The lowest BCUT2D eigenvalue weighted by atomic mass is 9.84. The number of rotatable bonds is 3. The fraction of sp³-hybridized carbons (Fsp3) is 0.923. The molecule has 1 atom stereocenters. The van der Waals surface area contributed by atoms with Crippen LogP contribution < -0.4 is 0 Å². The highest BCUT2D eigenvalue weighted by atomic mass is 16.5. The molecule has 1 amide bonds. The van der Waals surface area contributed by atoms with Crippen LogP contribution in [0.2, 0.25) is 0 Å². The first-order chi connectivity index (χ1) is 8.15. The Labute approximate surface area is 103 Å². The van der Waals surface area contributed by atoms with E-state index in [4.69, 9.17) is 9.47 Å². The standard InChI is InChI=1S/C13H23NO3/c1-11(15)14-6-4-13(5-7-14)9-12(10-17-13)3-8-16-2/h12H,3-10H2,1-2H3/t12-/m0/s1. The first-order valence-corrected chi connectivity index (χ1v) is 6.54. The molecule has 0 aromatic heterocycles. The minimum Gasteiger partial charge on any atom is -0.385 e. The molecule has 0 saturated carbocycles. The lowest BCUT2D eigenvalue weighted by molar-refractivity contribution is -0.133. The van der Waals surface area contributed by atoms with Crippen LogP contribution in [0.5, 0.6) is 0 Å². The zero-order valence-corrected chi connectivity index (χ0v) is 10.9. The number of likely N-dealkylation sites (tertiary alicyclic amines) is 1. The molecule has 2 rings (SSSR count). The van der Waals surface area contributed by atoms with Crippen LogP contribution in [0, 0.1) is 5.92 Å². The first-order valence-electron chi connectivity index (χ1n) is 6.54. The summed E-state index contributed by atoms with van der Waals surface area (Å²) >= 11 is 0. The molecule has 2 heterocycles. The number of carbonyl (C=O) groups excluding carboxylic acids is 1. The van der Waals surface area contributed by atoms with E-state index in [1.807, 2.05) is 4.90 Å². The predicted molar refractivity (Wildman–Crippen MR) is 64.8 cm³/mol. The van der Waals surface area contributed by atoms with Crippen molar-refractivity contribution in [1.29, 1.82) is 0 Å². The van der Waals surface area contributed by atoms with Gasteiger partial charge in [0.05, 0.1) is 12.2 Å². The smallest absolute Gasteiger partial charge is 0.219 e. The summed E-state index contributed by atoms with van der Waals surface area (Å²) in [6, 6.07) is 0. The van der Waals surface area contributed by atoms with Crippen molar-refractivity contribution in [2.45, 2.75) is 38.2 Å². The average Bonchev–Trinajstić information content (AvgIpc) is 2.70. The van der Waals surface area contributed by atoms with Crippen LogP contribution in [0.25, 0.3) is 0 Å². The van der Waals surface area contributed by atoms with E-state index in [1.54, 1.807) is 14.0 Å². The zero-order chi connectivity index (χ0) is 12.3. The molecule has 0 aromatic carbocycles. The minimum absolute atomic E-state index is 0.0599. The summed E-state index contributed by atoms with van der Waals surface area (Å²) in [7, 11) is 1.75. The third-order valence-corrected chi connectivity index (χ3v) is 4.14. The Morgan fingerprint density at radius 1 is 1.47 bits per heavy atom. The molecule has 0 radical (unpaired) electrons. The van der Waals surface area contributed by atoms with Crippen molar-refractivity contribution in [2.24, 2.45) is 5.92 Å². The maximum Gasteiger partial charge on any atom is 0.219 e. The van der Waals surface area contributed by atoms with E-state index < -0.39 is 0 Å². The maximum atomic E-state index is 11.3. The van der Waals surface area contributed by atoms with Crippen LogP contribution in [0.3, 0.4) is 0 Å². The summed E-state index contributed by atoms with van der Waals surface area (Å²) in [5, 5.41) is 0. The molecule has 2 aliphatic heterocycles. The van der Waals surface area contributed by atoms with Crippen molar-refractivity contribution in [1.82, 2.24) is 4.90 Å². The number of carbonyl (C=O) groups is 1. The van der Waals surface area contributed by atoms with Gasteiger partial charge in [-0.2, -0.15) is 0 Å². The number of amides is 1. The van der Waals surface area contributed by atoms with Crippen LogP contribution in [0.4, 0.5) is 0 Å². The third-order valence-electron chi connectivity index (χ3n) is 4.14. The van der Waals surface area contributed by atoms with E-state index in [1.165, 1.54) is 0 Å². The van der Waals surface area contributed by atoms with Crippen molar-refractivity contribution in [3.05, 3.63) is 0 Å². The van der Waals surface area contributed by atoms with Crippen LogP contribution in [-0.2, 0) is 14.3 Å². The molecule has 2 saturated heterocycles. The highest BCUT2D eigenvalue weighted by Gasteiger charge is 2.42. The number of methoxy groups -OCH3 is 1. The molecule has 1 spiro atoms. The van der Waals surface area contributed by atoms with Gasteiger partial charge in [0.25, 0.3) is 0 Å². The Morgan fingerprint density at radius 3 is 2.76 bits per heavy atom. The zero-order valence-electron chi connectivity index (χ0n) is 10.9. The molecule has 98 valence electrons. The number of ether oxygens (including phenoxy) is 2. The van der Waals surface area contributed by atoms with Crippen LogP contribution >= 0.6 is 0 Å². The summed E-state index contributed by atoms with van der Waals surface area (Å²) < 4.78 is 11.1. The van der Waals surface area contributed by atoms with E-state index >= 15 is 0 Å². The minimum atomic E-state index is 0.0599. The van der Waals surface area contributed by atoms with Crippen molar-refractivity contribution >= 4 is 5.91 Å². The molecule has 4 nitrogen and oxygen atoms in total. The average molecular weight is 241 g/mol. The van der Waals surface area contributed by atoms with Gasteiger partial charge >= 0.3 is 0 Å². The van der Waals surface area contributed by atoms with Crippen molar-refractivity contribution < 1.29 is 14.3 Å². The lowest BCUT2D eigenvalue weighted by Gasteiger charge is -2.38. The Bertz CT molecular complexity index is 272. The molecule has 0 aromatic rings. The van der Waals surface area contributed by atoms with E-state index in [9.17, 15) is 4.79 Å². The fourth-order valence-corrected chi connectivity index (χ4v) is 2.99. The molecule has 0 bridgehead atoms. The highest BCUT2D eigenvalue weighted by Crippen LogP contribution is 2.39. The van der Waals surface area contributed by atoms with Crippen LogP contribution in [-0.4, -0.2) is 49.8 Å². The van der Waals surface area contributed by atoms with Gasteiger partial charge in [0, 0.05) is 33.7 Å². The van der Waals surface area contributed by atoms with Gasteiger partial charge in [0.15, 0.2) is 0 Å². The van der Waals surface area contributed by atoms with Crippen molar-refractivity contribution in [3.63, 3.8) is 0 Å². The summed E-state index contributed by atoms with van der Waals surface area (Å²) in [5.41, 5.74) is 0.0599. The Hall–Kier alpha value is -0.610. The largest absolute Gasteiger partial charge is 0.385 e. The summed E-state index contributed by atoms with van der Waals surface area (Å²) in [4.78, 5) is 13.2. The van der Waals surface area contributed by atoms with Gasteiger partial charge in [-0.1, -0.05) is 0 Å². The normalized spacial score (nSPS) is 27.6. The molecule has 17 heavy (non-hydrogen) atoms. The summed E-state index contributed by atoms with van der Waals surface area (Å²) in [6.45, 7) is 5.04. The van der Waals surface area contributed by atoms with Gasteiger partial charge in [-0.3, -0.25) is 4.79 Å². The molecule has 2 fully saturated rings. The Kier molecular flexibility index (Phi) is 4.05. The number of hydrogen-bond acceptors (Lipinski definition) is 3. The van der Waals surface area contributed by atoms with Gasteiger partial charge < -0.3 is 14.4 Å². The Balaban J connectivity index is 1.81. The lowest BCUT2D eigenvalue weighted by Crippen LogP contribution is -2.45. The molecule has 0 N–H and O–H groups in total. The SMILES string of the molecule is COCC[C@@H]1COC2(CCN(C(C)=O)CC2)C1. The monoisotopic (exact) mass is 241 g/mol. The van der Waals surface area contributed by atoms with Gasteiger partial charge in [-0.25, -0.2) is 0 Å². The van der Waals surface area contributed by atoms with Gasteiger partial charge in [-0.15, -0.1) is 0 Å². The maximum absolute atomic E-state index is 11.3. The van der Waals surface area contributed by atoms with Gasteiger partial charge in [-0.05, 0) is 31.6 Å². The molecular weight excluding hydrogens is 218 g/mol. The van der Waals surface area contributed by atoms with E-state index in [0.29, 0.717) is 5.92 Å². The quantitative estimate of drug-likeness (QED) is 0.750. The summed E-state index contributed by atoms with van der Waals surface area (Å²) in [6.07, 6.45) is 4.23. The van der Waals surface area contributed by atoms with E-state index in [2.05, 4.69) is 0 Å². The number of nitrogens with zero attached hydrogens (tertiary/aromatic N) is 1. The van der Waals surface area contributed by atoms with Gasteiger partial charge in [0.1, 0.15) is 0 Å². The third kappa shape index (κ3) is 2.99. The molecule has 2 aliphatic rings. The van der Waals surface area contributed by atoms with Crippen molar-refractivity contribution in [2.75, 3.05) is 33.4 Å². The topological polar surface area (TPSA) is 38.8 Å². The van der Waals surface area contributed by atoms with Crippen LogP contribution in [0.15, 0.2) is 0 Å². The number of piperidine rings is 1. The molecule has 0 aliphatic carbocycles. The van der Waals surface area contributed by atoms with Gasteiger partial charge in [0.2, 0.25) is 5.91 Å².